The second kappa shape index (κ2) is 6.24. The van der Waals surface area contributed by atoms with Crippen molar-refractivity contribution >= 4 is 21.8 Å². The van der Waals surface area contributed by atoms with Gasteiger partial charge in [0.05, 0.1) is 6.54 Å². The minimum Gasteiger partial charge on any atom is -0.383 e. The molecule has 20 heavy (non-hydrogen) atoms. The summed E-state index contributed by atoms with van der Waals surface area (Å²) in [5.41, 5.74) is 0.206. The predicted octanol–water partition coefficient (Wildman–Crippen LogP) is 2.80. The van der Waals surface area contributed by atoms with Crippen molar-refractivity contribution in [2.45, 2.75) is 18.9 Å². The van der Waals surface area contributed by atoms with Crippen LogP contribution in [0.15, 0.2) is 47.1 Å². The summed E-state index contributed by atoms with van der Waals surface area (Å²) in [6.45, 7) is 2.06. The molecule has 0 bridgehead atoms. The fourth-order valence-corrected chi connectivity index (χ4v) is 2.25. The lowest BCUT2D eigenvalue weighted by molar-refractivity contribution is 0.0313. The number of halogens is 1. The first-order valence-corrected chi connectivity index (χ1v) is 7.24. The third-order valence-corrected chi connectivity index (χ3v) is 3.88. The molecule has 0 aliphatic carbocycles. The van der Waals surface area contributed by atoms with Gasteiger partial charge in [-0.2, -0.15) is 0 Å². The first kappa shape index (κ1) is 14.8. The number of rotatable bonds is 5. The summed E-state index contributed by atoms with van der Waals surface area (Å²) < 4.78 is 0.954. The Labute approximate surface area is 126 Å². The number of hydrogen-bond acceptors (Lipinski definition) is 2. The summed E-state index contributed by atoms with van der Waals surface area (Å²) in [6.07, 6.45) is 2.20. The van der Waals surface area contributed by atoms with Crippen molar-refractivity contribution in [1.29, 1.82) is 0 Å². The van der Waals surface area contributed by atoms with Crippen molar-refractivity contribution in [3.05, 3.63) is 58.3 Å². The number of amides is 1. The van der Waals surface area contributed by atoms with Crippen molar-refractivity contribution in [3.8, 4) is 0 Å². The number of H-pyrrole nitrogens is 1. The van der Waals surface area contributed by atoms with Crippen LogP contribution in [0.4, 0.5) is 0 Å². The minimum absolute atomic E-state index is 0.170. The average molecular weight is 337 g/mol. The van der Waals surface area contributed by atoms with E-state index in [0.717, 1.165) is 10.0 Å². The molecule has 1 aromatic carbocycles. The molecule has 0 saturated heterocycles. The molecule has 0 saturated carbocycles. The lowest BCUT2D eigenvalue weighted by Crippen LogP contribution is -2.40. The van der Waals surface area contributed by atoms with E-state index < -0.39 is 5.60 Å². The van der Waals surface area contributed by atoms with Crippen LogP contribution in [0, 0.1) is 0 Å². The first-order valence-electron chi connectivity index (χ1n) is 6.45. The highest BCUT2D eigenvalue weighted by molar-refractivity contribution is 9.10. The molecule has 4 nitrogen and oxygen atoms in total. The maximum absolute atomic E-state index is 11.9. The van der Waals surface area contributed by atoms with Crippen LogP contribution in [-0.2, 0) is 5.60 Å². The van der Waals surface area contributed by atoms with Gasteiger partial charge in [0.25, 0.3) is 5.91 Å². The van der Waals surface area contributed by atoms with E-state index in [4.69, 9.17) is 0 Å². The van der Waals surface area contributed by atoms with Gasteiger partial charge in [-0.15, -0.1) is 0 Å². The van der Waals surface area contributed by atoms with E-state index >= 15 is 0 Å². The van der Waals surface area contributed by atoms with Gasteiger partial charge in [0.2, 0.25) is 0 Å². The van der Waals surface area contributed by atoms with Crippen LogP contribution < -0.4 is 5.32 Å². The number of benzene rings is 1. The van der Waals surface area contributed by atoms with E-state index in [9.17, 15) is 9.90 Å². The van der Waals surface area contributed by atoms with Gasteiger partial charge in [-0.05, 0) is 36.2 Å². The Balaban J connectivity index is 2.08. The fraction of sp³-hybridized carbons (Fsp3) is 0.267. The van der Waals surface area contributed by atoms with Crippen LogP contribution in [0.5, 0.6) is 0 Å². The SMILES string of the molecule is CCC(O)(CNC(=O)c1ccc[nH]1)c1ccc(Br)cc1. The molecule has 0 spiro atoms. The number of aromatic amines is 1. The predicted molar refractivity (Wildman–Crippen MR) is 81.5 cm³/mol. The van der Waals surface area contributed by atoms with Crippen molar-refractivity contribution < 1.29 is 9.90 Å². The van der Waals surface area contributed by atoms with E-state index in [1.54, 1.807) is 18.3 Å². The lowest BCUT2D eigenvalue weighted by Gasteiger charge is -2.27. The Bertz CT molecular complexity index is 566. The Kier molecular flexibility index (Phi) is 4.62. The summed E-state index contributed by atoms with van der Waals surface area (Å²) in [7, 11) is 0. The third-order valence-electron chi connectivity index (χ3n) is 3.35. The van der Waals surface area contributed by atoms with Crippen LogP contribution >= 0.6 is 15.9 Å². The zero-order valence-corrected chi connectivity index (χ0v) is 12.8. The van der Waals surface area contributed by atoms with Crippen LogP contribution in [0.3, 0.4) is 0 Å². The van der Waals surface area contributed by atoms with Crippen molar-refractivity contribution in [1.82, 2.24) is 10.3 Å². The molecule has 1 heterocycles. The van der Waals surface area contributed by atoms with Gasteiger partial charge in [-0.1, -0.05) is 35.0 Å². The van der Waals surface area contributed by atoms with Crippen molar-refractivity contribution in [2.24, 2.45) is 0 Å². The Hall–Kier alpha value is -1.59. The number of carbonyl (C=O) groups excluding carboxylic acids is 1. The van der Waals surface area contributed by atoms with Gasteiger partial charge in [0.1, 0.15) is 11.3 Å². The van der Waals surface area contributed by atoms with Crippen LogP contribution in [-0.4, -0.2) is 22.5 Å². The summed E-state index contributed by atoms with van der Waals surface area (Å²) in [5.74, 6) is -0.223. The average Bonchev–Trinajstić information content (AvgIpc) is 2.99. The van der Waals surface area contributed by atoms with Gasteiger partial charge in [-0.25, -0.2) is 0 Å². The van der Waals surface area contributed by atoms with Crippen LogP contribution in [0.25, 0.3) is 0 Å². The maximum atomic E-state index is 11.9. The molecule has 3 N–H and O–H groups in total. The standard InChI is InChI=1S/C15H17BrN2O2/c1-2-15(20,11-5-7-12(16)8-6-11)10-18-14(19)13-4-3-9-17-13/h3-9,17,20H,2,10H2,1H3,(H,18,19). The highest BCUT2D eigenvalue weighted by Gasteiger charge is 2.27. The van der Waals surface area contributed by atoms with E-state index in [1.165, 1.54) is 0 Å². The summed E-state index contributed by atoms with van der Waals surface area (Å²) in [6, 6.07) is 10.9. The minimum atomic E-state index is -1.07. The highest BCUT2D eigenvalue weighted by atomic mass is 79.9. The zero-order chi connectivity index (χ0) is 14.6. The molecule has 0 fully saturated rings. The molecule has 1 amide bonds. The van der Waals surface area contributed by atoms with Gasteiger partial charge >= 0.3 is 0 Å². The third kappa shape index (κ3) is 3.29. The lowest BCUT2D eigenvalue weighted by atomic mass is 9.91. The van der Waals surface area contributed by atoms with E-state index in [2.05, 4.69) is 26.2 Å². The van der Waals surface area contributed by atoms with Crippen LogP contribution in [0.2, 0.25) is 0 Å². The Morgan fingerprint density at radius 3 is 2.60 bits per heavy atom. The molecule has 2 rings (SSSR count). The second-order valence-corrected chi connectivity index (χ2v) is 5.57. The number of aliphatic hydroxyl groups is 1. The summed E-state index contributed by atoms with van der Waals surface area (Å²) in [4.78, 5) is 14.7. The summed E-state index contributed by atoms with van der Waals surface area (Å²) in [5, 5.41) is 13.4. The van der Waals surface area contributed by atoms with Crippen LogP contribution in [0.1, 0.15) is 29.4 Å². The second-order valence-electron chi connectivity index (χ2n) is 4.66. The van der Waals surface area contributed by atoms with Gasteiger partial charge in [-0.3, -0.25) is 4.79 Å². The molecule has 0 radical (unpaired) electrons. The monoisotopic (exact) mass is 336 g/mol. The molecule has 0 aliphatic rings. The van der Waals surface area contributed by atoms with Gasteiger partial charge in [0.15, 0.2) is 0 Å². The number of nitrogens with one attached hydrogen (secondary N) is 2. The Morgan fingerprint density at radius 1 is 1.35 bits per heavy atom. The zero-order valence-electron chi connectivity index (χ0n) is 11.2. The van der Waals surface area contributed by atoms with E-state index in [0.29, 0.717) is 12.1 Å². The number of hydrogen-bond donors (Lipinski definition) is 3. The highest BCUT2D eigenvalue weighted by Crippen LogP contribution is 2.25. The maximum Gasteiger partial charge on any atom is 0.267 e. The van der Waals surface area contributed by atoms with Gasteiger partial charge < -0.3 is 15.4 Å². The van der Waals surface area contributed by atoms with E-state index in [-0.39, 0.29) is 12.5 Å². The molecular weight excluding hydrogens is 320 g/mol. The fourth-order valence-electron chi connectivity index (χ4n) is 1.98. The normalized spacial score (nSPS) is 13.8. The molecule has 1 unspecified atom stereocenters. The summed E-state index contributed by atoms with van der Waals surface area (Å²) >= 11 is 3.37. The number of aromatic nitrogens is 1. The Morgan fingerprint density at radius 2 is 2.05 bits per heavy atom. The van der Waals surface area contributed by atoms with Crippen molar-refractivity contribution in [3.63, 3.8) is 0 Å². The van der Waals surface area contributed by atoms with Gasteiger partial charge in [0, 0.05) is 10.7 Å². The first-order chi connectivity index (χ1) is 9.55. The quantitative estimate of drug-likeness (QED) is 0.786. The topological polar surface area (TPSA) is 65.1 Å². The molecular formula is C15H17BrN2O2. The van der Waals surface area contributed by atoms with Crippen molar-refractivity contribution in [2.75, 3.05) is 6.54 Å². The molecule has 5 heteroatoms. The molecule has 2 aromatic rings. The largest absolute Gasteiger partial charge is 0.383 e. The smallest absolute Gasteiger partial charge is 0.267 e. The number of carbonyl (C=O) groups is 1. The molecule has 106 valence electrons. The molecule has 1 aromatic heterocycles. The van der Waals surface area contributed by atoms with E-state index in [1.807, 2.05) is 31.2 Å². The molecule has 0 aliphatic heterocycles. The molecule has 1 atom stereocenters.